The second kappa shape index (κ2) is 14.0. The van der Waals surface area contributed by atoms with Gasteiger partial charge in [0.05, 0.1) is 0 Å². The predicted molar refractivity (Wildman–Crippen MR) is 191 cm³/mol. The molecule has 2 aliphatic heterocycles. The molecule has 9 heteroatoms. The number of alkyl halides is 2. The number of carboxylic acids is 1. The molecule has 4 aromatic carbocycles. The van der Waals surface area contributed by atoms with Crippen molar-refractivity contribution >= 4 is 17.1 Å². The Hall–Kier alpha value is -4.60. The molecule has 5 aromatic rings. The van der Waals surface area contributed by atoms with Crippen LogP contribution in [-0.2, 0) is 17.9 Å². The molecule has 2 aliphatic rings. The highest BCUT2D eigenvalue weighted by molar-refractivity contribution is 5.85. The first-order valence-corrected chi connectivity index (χ1v) is 17.5. The molecular weight excluding hydrogens is 636 g/mol. The van der Waals surface area contributed by atoms with Crippen LogP contribution in [0.15, 0.2) is 65.1 Å². The summed E-state index contributed by atoms with van der Waals surface area (Å²) < 4.78 is 38.0. The molecule has 7 rings (SSSR count). The predicted octanol–water partition coefficient (Wildman–Crippen LogP) is 9.31. The van der Waals surface area contributed by atoms with Crippen LogP contribution in [0.2, 0.25) is 0 Å². The van der Waals surface area contributed by atoms with Crippen LogP contribution in [0.1, 0.15) is 59.1 Å². The molecule has 1 N–H and O–H groups in total. The summed E-state index contributed by atoms with van der Waals surface area (Å²) in [6.45, 7) is 9.68. The van der Waals surface area contributed by atoms with Crippen molar-refractivity contribution in [1.82, 2.24) is 14.8 Å². The minimum atomic E-state index is -3.04. The lowest BCUT2D eigenvalue weighted by Gasteiger charge is -2.22. The zero-order chi connectivity index (χ0) is 35.1. The van der Waals surface area contributed by atoms with Crippen LogP contribution in [0.3, 0.4) is 0 Å². The molecule has 2 saturated heterocycles. The molecule has 0 bridgehead atoms. The van der Waals surface area contributed by atoms with Crippen molar-refractivity contribution in [3.63, 3.8) is 0 Å². The van der Waals surface area contributed by atoms with Crippen LogP contribution in [0.5, 0.6) is 5.75 Å². The fourth-order valence-corrected chi connectivity index (χ4v) is 7.92. The summed E-state index contributed by atoms with van der Waals surface area (Å²) in [5, 5.41) is 9.65. The van der Waals surface area contributed by atoms with E-state index < -0.39 is 18.6 Å². The Morgan fingerprint density at radius 2 is 1.52 bits per heavy atom. The Morgan fingerprint density at radius 3 is 2.18 bits per heavy atom. The fraction of sp³-hybridized carbons (Fsp3) is 0.366. The number of hydrogen-bond acceptors (Lipinski definition) is 6. The summed E-state index contributed by atoms with van der Waals surface area (Å²) in [6, 6.07) is 19.5. The number of hydrogen-bond donors (Lipinski definition) is 1. The molecule has 0 aliphatic carbocycles. The van der Waals surface area contributed by atoms with Gasteiger partial charge >= 0.3 is 12.6 Å². The van der Waals surface area contributed by atoms with E-state index >= 15 is 0 Å². The Kier molecular flexibility index (Phi) is 9.46. The average Bonchev–Trinajstić information content (AvgIpc) is 3.85. The summed E-state index contributed by atoms with van der Waals surface area (Å²) in [5.41, 5.74) is 12.8. The monoisotopic (exact) mass is 679 g/mol. The maximum Gasteiger partial charge on any atom is 0.387 e. The first-order valence-electron chi connectivity index (χ1n) is 17.5. The molecule has 3 heterocycles. The van der Waals surface area contributed by atoms with E-state index in [0.717, 1.165) is 35.2 Å². The quantitative estimate of drug-likeness (QED) is 0.158. The number of carbonyl (C=O) groups is 1. The van der Waals surface area contributed by atoms with Crippen molar-refractivity contribution in [2.45, 2.75) is 79.1 Å². The van der Waals surface area contributed by atoms with Gasteiger partial charge < -0.3 is 14.3 Å². The number of halogens is 2. The van der Waals surface area contributed by atoms with Crippen molar-refractivity contribution in [3.8, 4) is 39.5 Å². The Labute approximate surface area is 291 Å². The third kappa shape index (κ3) is 6.64. The van der Waals surface area contributed by atoms with E-state index in [-0.39, 0.29) is 12.3 Å². The number of carboxylic acid groups (broad SMARTS) is 1. The van der Waals surface area contributed by atoms with Gasteiger partial charge in [0.2, 0.25) is 5.89 Å². The van der Waals surface area contributed by atoms with Crippen LogP contribution in [0, 0.1) is 27.7 Å². The number of oxazole rings is 1. The Bertz CT molecular complexity index is 2040. The van der Waals surface area contributed by atoms with Crippen LogP contribution >= 0.6 is 0 Å². The number of nitrogens with zero attached hydrogens (tertiary/aromatic N) is 3. The molecule has 0 unspecified atom stereocenters. The van der Waals surface area contributed by atoms with Crippen molar-refractivity contribution < 1.29 is 27.8 Å². The zero-order valence-corrected chi connectivity index (χ0v) is 29.1. The largest absolute Gasteiger partial charge is 0.480 e. The lowest BCUT2D eigenvalue weighted by Crippen LogP contribution is -2.35. The minimum Gasteiger partial charge on any atom is -0.480 e. The molecule has 2 fully saturated rings. The topological polar surface area (TPSA) is 79.0 Å². The number of aromatic nitrogens is 1. The molecule has 0 saturated carbocycles. The summed E-state index contributed by atoms with van der Waals surface area (Å²) >= 11 is 0. The van der Waals surface area contributed by atoms with Gasteiger partial charge in [0.1, 0.15) is 17.3 Å². The van der Waals surface area contributed by atoms with Gasteiger partial charge in [-0.1, -0.05) is 42.5 Å². The average molecular weight is 680 g/mol. The Balaban J connectivity index is 1.22. The number of ether oxygens (including phenoxy) is 1. The van der Waals surface area contributed by atoms with E-state index in [2.05, 4.69) is 62.1 Å². The van der Waals surface area contributed by atoms with Gasteiger partial charge in [0, 0.05) is 30.3 Å². The van der Waals surface area contributed by atoms with Crippen molar-refractivity contribution in [3.05, 3.63) is 94.0 Å². The molecule has 1 aromatic heterocycles. The lowest BCUT2D eigenvalue weighted by atomic mass is 9.88. The van der Waals surface area contributed by atoms with Crippen LogP contribution in [0.25, 0.3) is 44.8 Å². The lowest BCUT2D eigenvalue weighted by molar-refractivity contribution is -0.142. The van der Waals surface area contributed by atoms with Gasteiger partial charge in [-0.3, -0.25) is 14.6 Å². The van der Waals surface area contributed by atoms with Crippen LogP contribution < -0.4 is 4.74 Å². The smallest absolute Gasteiger partial charge is 0.387 e. The second-order valence-electron chi connectivity index (χ2n) is 13.8. The molecule has 0 amide bonds. The fourth-order valence-electron chi connectivity index (χ4n) is 7.92. The normalized spacial score (nSPS) is 17.0. The van der Waals surface area contributed by atoms with E-state index in [1.165, 1.54) is 65.4 Å². The van der Waals surface area contributed by atoms with Gasteiger partial charge in [0.15, 0.2) is 5.58 Å². The summed E-state index contributed by atoms with van der Waals surface area (Å²) in [5.74, 6) is -0.591. The molecule has 50 heavy (non-hydrogen) atoms. The number of fused-ring (bicyclic) bond motifs is 1. The third-order valence-corrected chi connectivity index (χ3v) is 10.6. The molecule has 0 spiro atoms. The maximum absolute atomic E-state index is 13.5. The first-order chi connectivity index (χ1) is 24.1. The van der Waals surface area contributed by atoms with Gasteiger partial charge in [-0.25, -0.2) is 4.98 Å². The summed E-state index contributed by atoms with van der Waals surface area (Å²) in [4.78, 5) is 20.9. The highest BCUT2D eigenvalue weighted by Crippen LogP contribution is 2.39. The van der Waals surface area contributed by atoms with Crippen molar-refractivity contribution in [1.29, 1.82) is 0 Å². The highest BCUT2D eigenvalue weighted by atomic mass is 19.3. The molecule has 260 valence electrons. The van der Waals surface area contributed by atoms with E-state index in [0.29, 0.717) is 35.5 Å². The molecule has 0 radical (unpaired) electrons. The molecule has 1 atom stereocenters. The zero-order valence-electron chi connectivity index (χ0n) is 29.1. The van der Waals surface area contributed by atoms with Crippen LogP contribution in [-0.4, -0.2) is 58.1 Å². The van der Waals surface area contributed by atoms with Gasteiger partial charge in [0.25, 0.3) is 0 Å². The SMILES string of the molecule is Cc1cc(-c2cccc(-c3cccc(-c4nc5cc(CN6CCC[C@H]6C(=O)O)c(OC(F)F)cc5o4)c3C)c2C)cc(C)c1CN1CCCC1. The number of rotatable bonds is 10. The standard InChI is InChI=1S/C41H43F2N3O4/c1-24-18-28(19-25(2)34(24)23-45-15-5-6-16-45)30-10-7-11-31(26(30)3)32-12-8-13-33(27(32)4)39-44-35-20-29(22-46-17-9-14-36(46)40(47)48)37(50-41(42)43)21-38(35)49-39/h7-8,10-13,18-21,36,41H,5-6,9,14-17,22-23H2,1-4H3,(H,47,48)/t36-/m0/s1. The van der Waals surface area contributed by atoms with Crippen molar-refractivity contribution in [2.75, 3.05) is 19.6 Å². The maximum atomic E-state index is 13.5. The Morgan fingerprint density at radius 1 is 0.880 bits per heavy atom. The van der Waals surface area contributed by atoms with Crippen LogP contribution in [0.4, 0.5) is 8.78 Å². The molecular formula is C41H43F2N3O4. The number of aliphatic carboxylic acids is 1. The van der Waals surface area contributed by atoms with E-state index in [1.54, 1.807) is 11.0 Å². The first kappa shape index (κ1) is 33.9. The number of benzene rings is 4. The van der Waals surface area contributed by atoms with Gasteiger partial charge in [-0.2, -0.15) is 8.78 Å². The minimum absolute atomic E-state index is 0.0429. The summed E-state index contributed by atoms with van der Waals surface area (Å²) in [6.07, 6.45) is 3.80. The molecule has 7 nitrogen and oxygen atoms in total. The van der Waals surface area contributed by atoms with Gasteiger partial charge in [-0.15, -0.1) is 0 Å². The van der Waals surface area contributed by atoms with E-state index in [4.69, 9.17) is 14.1 Å². The van der Waals surface area contributed by atoms with E-state index in [1.807, 2.05) is 19.1 Å². The number of likely N-dealkylation sites (tertiary alicyclic amines) is 2. The van der Waals surface area contributed by atoms with Gasteiger partial charge in [-0.05, 0) is 135 Å². The number of aryl methyl sites for hydroxylation is 2. The summed E-state index contributed by atoms with van der Waals surface area (Å²) in [7, 11) is 0. The highest BCUT2D eigenvalue weighted by Gasteiger charge is 2.31. The second-order valence-corrected chi connectivity index (χ2v) is 13.8. The van der Waals surface area contributed by atoms with E-state index in [9.17, 15) is 18.7 Å². The third-order valence-electron chi connectivity index (χ3n) is 10.6. The van der Waals surface area contributed by atoms with Crippen molar-refractivity contribution in [2.24, 2.45) is 0 Å².